The number of hydrogen-bond donors (Lipinski definition) is 1. The van der Waals surface area contributed by atoms with Gasteiger partial charge in [-0.1, -0.05) is 27.4 Å². The first-order chi connectivity index (χ1) is 7.69. The van der Waals surface area contributed by atoms with Gasteiger partial charge in [0.05, 0.1) is 0 Å². The zero-order valence-electron chi connectivity index (χ0n) is 10.2. The Kier molecular flexibility index (Phi) is 6.68. The second kappa shape index (κ2) is 7.51. The summed E-state index contributed by atoms with van der Waals surface area (Å²) in [5, 5.41) is 0. The minimum Gasteiger partial charge on any atom is -0.399 e. The topological polar surface area (TPSA) is 46.3 Å². The Labute approximate surface area is 97.6 Å². The molecule has 0 radical (unpaired) electrons. The number of nitrogen functional groups attached to an aromatic ring is 1. The molecule has 88 valence electrons. The van der Waals surface area contributed by atoms with Gasteiger partial charge in [0, 0.05) is 24.0 Å². The SMILES string of the molecule is C=CN(C(=O)CC)c1ccc(N)cc1.CC. The van der Waals surface area contributed by atoms with E-state index in [0.717, 1.165) is 5.69 Å². The lowest BCUT2D eigenvalue weighted by Gasteiger charge is -2.17. The van der Waals surface area contributed by atoms with Crippen molar-refractivity contribution in [1.82, 2.24) is 0 Å². The van der Waals surface area contributed by atoms with Crippen LogP contribution < -0.4 is 10.6 Å². The van der Waals surface area contributed by atoms with Crippen molar-refractivity contribution >= 4 is 17.3 Å². The maximum Gasteiger partial charge on any atom is 0.230 e. The van der Waals surface area contributed by atoms with E-state index in [1.165, 1.54) is 11.1 Å². The minimum absolute atomic E-state index is 0.0183. The van der Waals surface area contributed by atoms with Crippen molar-refractivity contribution < 1.29 is 4.79 Å². The maximum atomic E-state index is 11.5. The summed E-state index contributed by atoms with van der Waals surface area (Å²) in [6.45, 7) is 9.42. The Hall–Kier alpha value is -1.77. The van der Waals surface area contributed by atoms with Crippen molar-refractivity contribution in [3.63, 3.8) is 0 Å². The molecular formula is C13H20N2O. The molecule has 0 aromatic heterocycles. The number of nitrogens with two attached hydrogens (primary N) is 1. The molecule has 3 heteroatoms. The lowest BCUT2D eigenvalue weighted by atomic mass is 10.2. The zero-order valence-corrected chi connectivity index (χ0v) is 10.2. The second-order valence-electron chi connectivity index (χ2n) is 2.89. The van der Waals surface area contributed by atoms with Crippen LogP contribution in [0.5, 0.6) is 0 Å². The first-order valence-corrected chi connectivity index (χ1v) is 5.49. The third-order valence-corrected chi connectivity index (χ3v) is 1.92. The third-order valence-electron chi connectivity index (χ3n) is 1.92. The van der Waals surface area contributed by atoms with Gasteiger partial charge in [-0.3, -0.25) is 9.69 Å². The molecule has 2 N–H and O–H groups in total. The maximum absolute atomic E-state index is 11.5. The Bertz CT molecular complexity index is 330. The first-order valence-electron chi connectivity index (χ1n) is 5.49. The summed E-state index contributed by atoms with van der Waals surface area (Å²) < 4.78 is 0. The third kappa shape index (κ3) is 3.77. The number of nitrogens with zero attached hydrogens (tertiary/aromatic N) is 1. The molecule has 0 aliphatic carbocycles. The average Bonchev–Trinajstić information content (AvgIpc) is 2.34. The van der Waals surface area contributed by atoms with Gasteiger partial charge in [-0.25, -0.2) is 0 Å². The molecule has 1 aromatic carbocycles. The van der Waals surface area contributed by atoms with Gasteiger partial charge in [0.1, 0.15) is 0 Å². The molecule has 1 amide bonds. The molecule has 0 fully saturated rings. The summed E-state index contributed by atoms with van der Waals surface area (Å²) in [6.07, 6.45) is 1.97. The van der Waals surface area contributed by atoms with Crippen molar-refractivity contribution in [1.29, 1.82) is 0 Å². The van der Waals surface area contributed by atoms with Crippen LogP contribution in [0.25, 0.3) is 0 Å². The van der Waals surface area contributed by atoms with Crippen molar-refractivity contribution in [2.75, 3.05) is 10.6 Å². The number of benzene rings is 1. The summed E-state index contributed by atoms with van der Waals surface area (Å²) in [6, 6.07) is 7.11. The molecule has 0 spiro atoms. The van der Waals surface area contributed by atoms with E-state index in [1.54, 1.807) is 24.3 Å². The van der Waals surface area contributed by atoms with Gasteiger partial charge in [-0.05, 0) is 24.3 Å². The van der Waals surface area contributed by atoms with Crippen molar-refractivity contribution in [2.45, 2.75) is 27.2 Å². The molecule has 1 aromatic rings. The summed E-state index contributed by atoms with van der Waals surface area (Å²) in [7, 11) is 0. The summed E-state index contributed by atoms with van der Waals surface area (Å²) in [4.78, 5) is 13.0. The fourth-order valence-electron chi connectivity index (χ4n) is 1.16. The molecule has 16 heavy (non-hydrogen) atoms. The summed E-state index contributed by atoms with van der Waals surface area (Å²) in [5.74, 6) is 0.0183. The Balaban J connectivity index is 0.00000106. The lowest BCUT2D eigenvalue weighted by molar-refractivity contribution is -0.117. The van der Waals surface area contributed by atoms with E-state index in [0.29, 0.717) is 12.1 Å². The minimum atomic E-state index is 0.0183. The number of rotatable bonds is 3. The van der Waals surface area contributed by atoms with Crippen LogP contribution >= 0.6 is 0 Å². The Morgan fingerprint density at radius 2 is 1.88 bits per heavy atom. The van der Waals surface area contributed by atoms with Crippen LogP contribution in [0.3, 0.4) is 0 Å². The molecule has 3 nitrogen and oxygen atoms in total. The normalized spacial score (nSPS) is 8.69. The van der Waals surface area contributed by atoms with Gasteiger partial charge in [0.2, 0.25) is 5.91 Å². The monoisotopic (exact) mass is 220 g/mol. The number of amides is 1. The van der Waals surface area contributed by atoms with Gasteiger partial charge < -0.3 is 5.73 Å². The highest BCUT2D eigenvalue weighted by Gasteiger charge is 2.09. The Morgan fingerprint density at radius 1 is 1.38 bits per heavy atom. The van der Waals surface area contributed by atoms with E-state index in [-0.39, 0.29) is 5.91 Å². The largest absolute Gasteiger partial charge is 0.399 e. The van der Waals surface area contributed by atoms with E-state index in [4.69, 9.17) is 5.73 Å². The molecule has 0 saturated carbocycles. The van der Waals surface area contributed by atoms with E-state index >= 15 is 0 Å². The quantitative estimate of drug-likeness (QED) is 0.795. The molecular weight excluding hydrogens is 200 g/mol. The van der Waals surface area contributed by atoms with E-state index in [2.05, 4.69) is 6.58 Å². The van der Waals surface area contributed by atoms with Crippen LogP contribution in [0.15, 0.2) is 37.0 Å². The highest BCUT2D eigenvalue weighted by molar-refractivity contribution is 5.94. The fourth-order valence-corrected chi connectivity index (χ4v) is 1.16. The van der Waals surface area contributed by atoms with Crippen LogP contribution in [0, 0.1) is 0 Å². The standard InChI is InChI=1S/C11H14N2O.C2H6/c1-3-11(14)13(4-2)10-7-5-9(12)6-8-10;1-2/h4-8H,2-3,12H2,1H3;1-2H3. The zero-order chi connectivity index (χ0) is 12.6. The van der Waals surface area contributed by atoms with Crippen LogP contribution in [0.2, 0.25) is 0 Å². The number of carbonyl (C=O) groups is 1. The average molecular weight is 220 g/mol. The second-order valence-corrected chi connectivity index (χ2v) is 2.89. The van der Waals surface area contributed by atoms with Crippen LogP contribution in [-0.4, -0.2) is 5.91 Å². The van der Waals surface area contributed by atoms with E-state index in [9.17, 15) is 4.79 Å². The first kappa shape index (κ1) is 14.2. The smallest absolute Gasteiger partial charge is 0.230 e. The Morgan fingerprint density at radius 3 is 2.25 bits per heavy atom. The number of hydrogen-bond acceptors (Lipinski definition) is 2. The number of carbonyl (C=O) groups excluding carboxylic acids is 1. The van der Waals surface area contributed by atoms with Gasteiger partial charge in [0.25, 0.3) is 0 Å². The highest BCUT2D eigenvalue weighted by atomic mass is 16.2. The molecule has 0 heterocycles. The van der Waals surface area contributed by atoms with Crippen LogP contribution in [0.4, 0.5) is 11.4 Å². The van der Waals surface area contributed by atoms with Crippen molar-refractivity contribution in [2.24, 2.45) is 0 Å². The number of anilines is 2. The summed E-state index contributed by atoms with van der Waals surface area (Å²) >= 11 is 0. The molecule has 0 saturated heterocycles. The molecule has 0 unspecified atom stereocenters. The van der Waals surface area contributed by atoms with Crippen molar-refractivity contribution in [3.05, 3.63) is 37.0 Å². The van der Waals surface area contributed by atoms with E-state index in [1.807, 2.05) is 20.8 Å². The van der Waals surface area contributed by atoms with E-state index < -0.39 is 0 Å². The van der Waals surface area contributed by atoms with Crippen LogP contribution in [0.1, 0.15) is 27.2 Å². The fraction of sp³-hybridized carbons (Fsp3) is 0.308. The molecule has 0 aliphatic rings. The van der Waals surface area contributed by atoms with Gasteiger partial charge in [-0.15, -0.1) is 0 Å². The highest BCUT2D eigenvalue weighted by Crippen LogP contribution is 2.17. The van der Waals surface area contributed by atoms with Gasteiger partial charge in [-0.2, -0.15) is 0 Å². The molecule has 0 bridgehead atoms. The summed E-state index contributed by atoms with van der Waals surface area (Å²) in [5.41, 5.74) is 7.02. The van der Waals surface area contributed by atoms with Crippen molar-refractivity contribution in [3.8, 4) is 0 Å². The molecule has 1 rings (SSSR count). The van der Waals surface area contributed by atoms with Crippen LogP contribution in [-0.2, 0) is 4.79 Å². The van der Waals surface area contributed by atoms with Gasteiger partial charge >= 0.3 is 0 Å². The molecule has 0 aliphatic heterocycles. The molecule has 0 atom stereocenters. The predicted molar refractivity (Wildman–Crippen MR) is 70.2 cm³/mol. The lowest BCUT2D eigenvalue weighted by Crippen LogP contribution is -2.23. The van der Waals surface area contributed by atoms with Gasteiger partial charge in [0.15, 0.2) is 0 Å². The predicted octanol–water partition coefficient (Wildman–Crippen LogP) is 3.18.